The first-order valence-corrected chi connectivity index (χ1v) is 7.04. The molecule has 2 N–H and O–H groups in total. The van der Waals surface area contributed by atoms with Crippen molar-refractivity contribution in [2.75, 3.05) is 33.4 Å². The Morgan fingerprint density at radius 2 is 2.05 bits per heavy atom. The third-order valence-corrected chi connectivity index (χ3v) is 3.83. The van der Waals surface area contributed by atoms with Gasteiger partial charge in [-0.1, -0.05) is 0 Å². The summed E-state index contributed by atoms with van der Waals surface area (Å²) in [5.74, 6) is -0.665. The van der Waals surface area contributed by atoms with E-state index in [4.69, 9.17) is 10.5 Å². The van der Waals surface area contributed by atoms with Crippen LogP contribution in [0.5, 0.6) is 0 Å². The van der Waals surface area contributed by atoms with Crippen molar-refractivity contribution in [1.29, 1.82) is 0 Å². The maximum absolute atomic E-state index is 13.3. The van der Waals surface area contributed by atoms with E-state index in [2.05, 4.69) is 4.90 Å². The van der Waals surface area contributed by atoms with Gasteiger partial charge in [0.05, 0.1) is 6.61 Å². The molecule has 1 aromatic carbocycles. The van der Waals surface area contributed by atoms with Gasteiger partial charge in [0.25, 0.3) is 0 Å². The molecule has 1 fully saturated rings. The lowest BCUT2D eigenvalue weighted by Crippen LogP contribution is -2.36. The second-order valence-corrected chi connectivity index (χ2v) is 5.48. The zero-order chi connectivity index (χ0) is 14.5. The largest absolute Gasteiger partial charge is 0.381 e. The van der Waals surface area contributed by atoms with Crippen LogP contribution in [0.4, 0.5) is 8.78 Å². The maximum atomic E-state index is 13.3. The number of hydrogen-bond donors (Lipinski definition) is 1. The molecule has 2 unspecified atom stereocenters. The van der Waals surface area contributed by atoms with Crippen molar-refractivity contribution in [3.63, 3.8) is 0 Å². The van der Waals surface area contributed by atoms with Gasteiger partial charge in [-0.2, -0.15) is 0 Å². The van der Waals surface area contributed by atoms with Gasteiger partial charge in [0, 0.05) is 31.8 Å². The van der Waals surface area contributed by atoms with E-state index < -0.39 is 11.6 Å². The molecule has 1 aromatic rings. The van der Waals surface area contributed by atoms with Crippen LogP contribution in [0.3, 0.4) is 0 Å². The van der Waals surface area contributed by atoms with Crippen LogP contribution in [0.1, 0.15) is 24.4 Å². The van der Waals surface area contributed by atoms with Crippen molar-refractivity contribution in [3.8, 4) is 0 Å². The molecular formula is C15H22F2N2O. The number of rotatable bonds is 5. The van der Waals surface area contributed by atoms with Gasteiger partial charge in [0.1, 0.15) is 11.6 Å². The Morgan fingerprint density at radius 1 is 1.35 bits per heavy atom. The minimum Gasteiger partial charge on any atom is -0.381 e. The summed E-state index contributed by atoms with van der Waals surface area (Å²) in [5.41, 5.74) is 6.38. The highest BCUT2D eigenvalue weighted by Gasteiger charge is 2.22. The van der Waals surface area contributed by atoms with E-state index in [9.17, 15) is 8.78 Å². The molecule has 1 saturated heterocycles. The predicted octanol–water partition coefficient (Wildman–Crippen LogP) is 2.32. The lowest BCUT2D eigenvalue weighted by atomic mass is 9.99. The van der Waals surface area contributed by atoms with Gasteiger partial charge in [0.2, 0.25) is 0 Å². The van der Waals surface area contributed by atoms with Crippen LogP contribution in [-0.4, -0.2) is 38.3 Å². The lowest BCUT2D eigenvalue weighted by molar-refractivity contribution is 0.0365. The molecule has 1 heterocycles. The fraction of sp³-hybridized carbons (Fsp3) is 0.600. The number of benzene rings is 1. The van der Waals surface area contributed by atoms with E-state index in [-0.39, 0.29) is 6.04 Å². The zero-order valence-corrected chi connectivity index (χ0v) is 11.8. The van der Waals surface area contributed by atoms with Gasteiger partial charge in [-0.05, 0) is 43.5 Å². The molecule has 2 atom stereocenters. The molecule has 0 aliphatic carbocycles. The van der Waals surface area contributed by atoms with Crippen LogP contribution < -0.4 is 5.73 Å². The molecule has 0 aromatic heterocycles. The SMILES string of the molecule is CN(CC1CCCOC1)C(CN)c1cc(F)cc(F)c1. The molecule has 0 bridgehead atoms. The molecule has 3 nitrogen and oxygen atoms in total. The summed E-state index contributed by atoms with van der Waals surface area (Å²) in [6.45, 7) is 2.72. The molecule has 0 saturated carbocycles. The Morgan fingerprint density at radius 3 is 2.60 bits per heavy atom. The van der Waals surface area contributed by atoms with Gasteiger partial charge in [-0.15, -0.1) is 0 Å². The van der Waals surface area contributed by atoms with Gasteiger partial charge >= 0.3 is 0 Å². The number of nitrogens with zero attached hydrogens (tertiary/aromatic N) is 1. The summed E-state index contributed by atoms with van der Waals surface area (Å²) < 4.78 is 32.1. The number of likely N-dealkylation sites (N-methyl/N-ethyl adjacent to an activating group) is 1. The third-order valence-electron chi connectivity index (χ3n) is 3.83. The highest BCUT2D eigenvalue weighted by molar-refractivity contribution is 5.22. The first-order chi connectivity index (χ1) is 9.60. The average Bonchev–Trinajstić information content (AvgIpc) is 2.39. The Bertz CT molecular complexity index is 416. The van der Waals surface area contributed by atoms with E-state index >= 15 is 0 Å². The zero-order valence-electron chi connectivity index (χ0n) is 11.8. The fourth-order valence-corrected chi connectivity index (χ4v) is 2.82. The van der Waals surface area contributed by atoms with Crippen LogP contribution in [0, 0.1) is 17.6 Å². The van der Waals surface area contributed by atoms with Crippen LogP contribution in [-0.2, 0) is 4.74 Å². The second kappa shape index (κ2) is 7.11. The monoisotopic (exact) mass is 284 g/mol. The molecule has 0 amide bonds. The summed E-state index contributed by atoms with van der Waals surface area (Å²) in [7, 11) is 1.94. The Balaban J connectivity index is 2.05. The van der Waals surface area contributed by atoms with E-state index in [1.54, 1.807) is 0 Å². The van der Waals surface area contributed by atoms with E-state index in [0.29, 0.717) is 18.0 Å². The van der Waals surface area contributed by atoms with Gasteiger partial charge in [-0.25, -0.2) is 8.78 Å². The topological polar surface area (TPSA) is 38.5 Å². The number of ether oxygens (including phenoxy) is 1. The third kappa shape index (κ3) is 3.98. The van der Waals surface area contributed by atoms with Crippen molar-refractivity contribution >= 4 is 0 Å². The Hall–Kier alpha value is -1.04. The summed E-state index contributed by atoms with van der Waals surface area (Å²) in [6, 6.07) is 3.41. The maximum Gasteiger partial charge on any atom is 0.126 e. The first kappa shape index (κ1) is 15.4. The normalized spacial score (nSPS) is 21.1. The average molecular weight is 284 g/mol. The molecule has 112 valence electrons. The summed E-state index contributed by atoms with van der Waals surface area (Å²) in [5, 5.41) is 0. The number of nitrogens with two attached hydrogens (primary N) is 1. The van der Waals surface area contributed by atoms with Crippen LogP contribution >= 0.6 is 0 Å². The first-order valence-electron chi connectivity index (χ1n) is 7.04. The molecule has 0 spiro atoms. The predicted molar refractivity (Wildman–Crippen MR) is 74.3 cm³/mol. The van der Waals surface area contributed by atoms with Crippen LogP contribution in [0.2, 0.25) is 0 Å². The molecule has 1 aliphatic rings. The Labute approximate surface area is 118 Å². The van der Waals surface area contributed by atoms with E-state index in [1.807, 2.05) is 7.05 Å². The van der Waals surface area contributed by atoms with Crippen molar-refractivity contribution in [2.24, 2.45) is 11.7 Å². The summed E-state index contributed by atoms with van der Waals surface area (Å²) >= 11 is 0. The number of halogens is 2. The van der Waals surface area contributed by atoms with E-state index in [1.165, 1.54) is 12.1 Å². The van der Waals surface area contributed by atoms with E-state index in [0.717, 1.165) is 38.7 Å². The lowest BCUT2D eigenvalue weighted by Gasteiger charge is -2.32. The van der Waals surface area contributed by atoms with Crippen LogP contribution in [0.15, 0.2) is 18.2 Å². The van der Waals surface area contributed by atoms with Gasteiger partial charge in [0.15, 0.2) is 0 Å². The molecule has 20 heavy (non-hydrogen) atoms. The quantitative estimate of drug-likeness (QED) is 0.902. The molecule has 5 heteroatoms. The van der Waals surface area contributed by atoms with Crippen molar-refractivity contribution in [3.05, 3.63) is 35.4 Å². The fourth-order valence-electron chi connectivity index (χ4n) is 2.82. The second-order valence-electron chi connectivity index (χ2n) is 5.48. The molecule has 1 aliphatic heterocycles. The van der Waals surface area contributed by atoms with Gasteiger partial charge in [-0.3, -0.25) is 4.90 Å². The molecule has 2 rings (SSSR count). The summed E-state index contributed by atoms with van der Waals surface area (Å²) in [4.78, 5) is 2.06. The van der Waals surface area contributed by atoms with Crippen molar-refractivity contribution in [1.82, 2.24) is 4.90 Å². The highest BCUT2D eigenvalue weighted by atomic mass is 19.1. The molecule has 0 radical (unpaired) electrons. The van der Waals surface area contributed by atoms with Crippen molar-refractivity contribution in [2.45, 2.75) is 18.9 Å². The van der Waals surface area contributed by atoms with Crippen molar-refractivity contribution < 1.29 is 13.5 Å². The molecular weight excluding hydrogens is 262 g/mol. The van der Waals surface area contributed by atoms with Crippen LogP contribution in [0.25, 0.3) is 0 Å². The smallest absolute Gasteiger partial charge is 0.126 e. The highest BCUT2D eigenvalue weighted by Crippen LogP contribution is 2.23. The standard InChI is InChI=1S/C15H22F2N2O/c1-19(9-11-3-2-4-20-10-11)15(8-18)12-5-13(16)7-14(17)6-12/h5-7,11,15H,2-4,8-10,18H2,1H3. The Kier molecular flexibility index (Phi) is 5.46. The summed E-state index contributed by atoms with van der Waals surface area (Å²) in [6.07, 6.45) is 2.19. The van der Waals surface area contributed by atoms with Gasteiger partial charge < -0.3 is 10.5 Å². The minimum absolute atomic E-state index is 0.179. The minimum atomic E-state index is -0.562. The number of hydrogen-bond acceptors (Lipinski definition) is 3.